The van der Waals surface area contributed by atoms with Gasteiger partial charge in [-0.15, -0.1) is 0 Å². The Kier molecular flexibility index (Phi) is 4.04. The fourth-order valence-corrected chi connectivity index (χ4v) is 2.12. The molecule has 1 heterocycles. The molecule has 2 aromatic rings. The van der Waals surface area contributed by atoms with Gasteiger partial charge >= 0.3 is 0 Å². The van der Waals surface area contributed by atoms with Crippen LogP contribution in [0.25, 0.3) is 11.4 Å². The third-order valence-corrected chi connectivity index (χ3v) is 2.93. The van der Waals surface area contributed by atoms with Crippen LogP contribution in [-0.4, -0.2) is 16.5 Å². The first-order valence-electron chi connectivity index (χ1n) is 5.65. The Morgan fingerprint density at radius 2 is 1.94 bits per heavy atom. The highest BCUT2D eigenvalue weighted by Crippen LogP contribution is 2.28. The molecule has 1 aromatic carbocycles. The van der Waals surface area contributed by atoms with Crippen LogP contribution in [0.5, 0.6) is 0 Å². The molecule has 0 saturated carbocycles. The molecule has 1 aromatic heterocycles. The van der Waals surface area contributed by atoms with E-state index in [-0.39, 0.29) is 0 Å². The van der Waals surface area contributed by atoms with Gasteiger partial charge in [-0.3, -0.25) is 0 Å². The molecule has 0 spiro atoms. The molecule has 0 aliphatic rings. The van der Waals surface area contributed by atoms with Crippen LogP contribution in [0.3, 0.4) is 0 Å². The number of aryl methyl sites for hydroxylation is 1. The maximum Gasteiger partial charge on any atom is 0.163 e. The lowest BCUT2D eigenvalue weighted by atomic mass is 10.2. The average Bonchev–Trinajstić information content (AvgIpc) is 2.28. The molecule has 18 heavy (non-hydrogen) atoms. The number of hydrogen-bond donors (Lipinski definition) is 1. The first kappa shape index (κ1) is 13.1. The molecule has 94 valence electrons. The van der Waals surface area contributed by atoms with E-state index in [1.54, 1.807) is 12.1 Å². The van der Waals surface area contributed by atoms with E-state index < -0.39 is 0 Å². The van der Waals surface area contributed by atoms with Crippen molar-refractivity contribution < 1.29 is 0 Å². The second-order valence-corrected chi connectivity index (χ2v) is 4.72. The van der Waals surface area contributed by atoms with Crippen LogP contribution >= 0.6 is 23.2 Å². The van der Waals surface area contributed by atoms with Gasteiger partial charge in [-0.2, -0.15) is 0 Å². The van der Waals surface area contributed by atoms with Crippen molar-refractivity contribution in [2.45, 2.75) is 13.8 Å². The third kappa shape index (κ3) is 2.92. The lowest BCUT2D eigenvalue weighted by Gasteiger charge is -2.08. The molecule has 0 atom stereocenters. The van der Waals surface area contributed by atoms with E-state index in [0.717, 1.165) is 23.6 Å². The third-order valence-electron chi connectivity index (χ3n) is 2.38. The van der Waals surface area contributed by atoms with Gasteiger partial charge in [-0.05, 0) is 32.0 Å². The Bertz CT molecular complexity index is 570. The molecule has 0 amide bonds. The predicted octanol–water partition coefficient (Wildman–Crippen LogP) is 4.19. The number of aromatic nitrogens is 2. The molecule has 2 rings (SSSR count). The molecule has 0 saturated heterocycles. The zero-order valence-electron chi connectivity index (χ0n) is 10.2. The van der Waals surface area contributed by atoms with Crippen LogP contribution in [0, 0.1) is 6.92 Å². The Balaban J connectivity index is 2.49. The number of benzene rings is 1. The summed E-state index contributed by atoms with van der Waals surface area (Å²) in [5.41, 5.74) is 1.67. The van der Waals surface area contributed by atoms with E-state index >= 15 is 0 Å². The zero-order valence-corrected chi connectivity index (χ0v) is 11.7. The van der Waals surface area contributed by atoms with Crippen LogP contribution in [0.15, 0.2) is 24.3 Å². The highest BCUT2D eigenvalue weighted by Gasteiger charge is 2.09. The van der Waals surface area contributed by atoms with E-state index in [1.165, 1.54) is 0 Å². The summed E-state index contributed by atoms with van der Waals surface area (Å²) in [5.74, 6) is 1.40. The van der Waals surface area contributed by atoms with E-state index in [9.17, 15) is 0 Å². The summed E-state index contributed by atoms with van der Waals surface area (Å²) in [7, 11) is 0. The number of anilines is 1. The first-order valence-corrected chi connectivity index (χ1v) is 6.40. The van der Waals surface area contributed by atoms with E-state index in [4.69, 9.17) is 23.2 Å². The first-order chi connectivity index (χ1) is 8.60. The second-order valence-electron chi connectivity index (χ2n) is 3.87. The maximum absolute atomic E-state index is 6.16. The summed E-state index contributed by atoms with van der Waals surface area (Å²) < 4.78 is 0. The van der Waals surface area contributed by atoms with E-state index in [0.29, 0.717) is 15.9 Å². The lowest BCUT2D eigenvalue weighted by Crippen LogP contribution is -2.02. The Morgan fingerprint density at radius 3 is 2.61 bits per heavy atom. The Morgan fingerprint density at radius 1 is 1.17 bits per heavy atom. The summed E-state index contributed by atoms with van der Waals surface area (Å²) >= 11 is 12.0. The molecule has 0 fully saturated rings. The summed E-state index contributed by atoms with van der Waals surface area (Å²) in [6, 6.07) is 7.20. The quantitative estimate of drug-likeness (QED) is 0.917. The van der Waals surface area contributed by atoms with Crippen LogP contribution in [0.2, 0.25) is 10.0 Å². The number of nitrogens with zero attached hydrogens (tertiary/aromatic N) is 2. The molecule has 3 nitrogen and oxygen atoms in total. The number of hydrogen-bond acceptors (Lipinski definition) is 3. The van der Waals surface area contributed by atoms with Crippen LogP contribution in [0.1, 0.15) is 12.6 Å². The highest BCUT2D eigenvalue weighted by atomic mass is 35.5. The molecule has 0 aliphatic heterocycles. The van der Waals surface area contributed by atoms with Crippen molar-refractivity contribution in [2.24, 2.45) is 0 Å². The summed E-state index contributed by atoms with van der Waals surface area (Å²) in [6.07, 6.45) is 0. The van der Waals surface area contributed by atoms with E-state index in [1.807, 2.05) is 26.0 Å². The fraction of sp³-hybridized carbons (Fsp3) is 0.231. The highest BCUT2D eigenvalue weighted by molar-refractivity contribution is 6.36. The average molecular weight is 282 g/mol. The SMILES string of the molecule is CCNc1cc(C)nc(-c2ccc(Cl)cc2Cl)n1. The monoisotopic (exact) mass is 281 g/mol. The van der Waals surface area contributed by atoms with Gasteiger partial charge in [0, 0.05) is 28.9 Å². The molecular weight excluding hydrogens is 269 g/mol. The van der Waals surface area contributed by atoms with Crippen LogP contribution in [-0.2, 0) is 0 Å². The van der Waals surface area contributed by atoms with Crippen molar-refractivity contribution in [1.82, 2.24) is 9.97 Å². The molecule has 5 heteroatoms. The Hall–Kier alpha value is -1.32. The van der Waals surface area contributed by atoms with Gasteiger partial charge in [0.15, 0.2) is 5.82 Å². The smallest absolute Gasteiger partial charge is 0.163 e. The number of rotatable bonds is 3. The van der Waals surface area contributed by atoms with E-state index in [2.05, 4.69) is 15.3 Å². The van der Waals surface area contributed by atoms with Crippen molar-refractivity contribution in [2.75, 3.05) is 11.9 Å². The predicted molar refractivity (Wildman–Crippen MR) is 76.4 cm³/mol. The molecule has 0 unspecified atom stereocenters. The van der Waals surface area contributed by atoms with Crippen molar-refractivity contribution in [1.29, 1.82) is 0 Å². The van der Waals surface area contributed by atoms with Crippen molar-refractivity contribution in [3.8, 4) is 11.4 Å². The minimum atomic E-state index is 0.551. The second kappa shape index (κ2) is 5.55. The van der Waals surface area contributed by atoms with Gasteiger partial charge in [-0.1, -0.05) is 23.2 Å². The largest absolute Gasteiger partial charge is 0.370 e. The summed E-state index contributed by atoms with van der Waals surface area (Å²) in [5, 5.41) is 4.32. The zero-order chi connectivity index (χ0) is 13.1. The van der Waals surface area contributed by atoms with Crippen molar-refractivity contribution >= 4 is 29.0 Å². The van der Waals surface area contributed by atoms with Crippen molar-refractivity contribution in [3.05, 3.63) is 40.0 Å². The Labute approximate surface area is 116 Å². The van der Waals surface area contributed by atoms with Gasteiger partial charge in [0.2, 0.25) is 0 Å². The molecule has 0 aliphatic carbocycles. The van der Waals surface area contributed by atoms with Gasteiger partial charge in [0.1, 0.15) is 5.82 Å². The summed E-state index contributed by atoms with van der Waals surface area (Å²) in [6.45, 7) is 4.76. The number of halogens is 2. The van der Waals surface area contributed by atoms with Gasteiger partial charge in [0.25, 0.3) is 0 Å². The topological polar surface area (TPSA) is 37.8 Å². The van der Waals surface area contributed by atoms with Gasteiger partial charge in [-0.25, -0.2) is 9.97 Å². The minimum absolute atomic E-state index is 0.551. The van der Waals surface area contributed by atoms with Crippen LogP contribution < -0.4 is 5.32 Å². The van der Waals surface area contributed by atoms with Gasteiger partial charge in [0.05, 0.1) is 5.02 Å². The lowest BCUT2D eigenvalue weighted by molar-refractivity contribution is 1.08. The van der Waals surface area contributed by atoms with Crippen LogP contribution in [0.4, 0.5) is 5.82 Å². The van der Waals surface area contributed by atoms with Crippen molar-refractivity contribution in [3.63, 3.8) is 0 Å². The molecular formula is C13H13Cl2N3. The standard InChI is InChI=1S/C13H13Cl2N3/c1-3-16-12-6-8(2)17-13(18-12)10-5-4-9(14)7-11(10)15/h4-7H,3H2,1-2H3,(H,16,17,18). The molecule has 0 bridgehead atoms. The number of nitrogens with one attached hydrogen (secondary N) is 1. The molecule has 1 N–H and O–H groups in total. The fourth-order valence-electron chi connectivity index (χ4n) is 1.63. The molecule has 0 radical (unpaired) electrons. The normalized spacial score (nSPS) is 10.4. The summed E-state index contributed by atoms with van der Waals surface area (Å²) in [4.78, 5) is 8.83. The van der Waals surface area contributed by atoms with Gasteiger partial charge < -0.3 is 5.32 Å². The minimum Gasteiger partial charge on any atom is -0.370 e. The maximum atomic E-state index is 6.16.